The molecule has 0 bridgehead atoms. The Morgan fingerprint density at radius 1 is 1.43 bits per heavy atom. The molecule has 0 saturated carbocycles. The van der Waals surface area contributed by atoms with Crippen molar-refractivity contribution < 1.29 is 19.8 Å². The molecule has 21 heavy (non-hydrogen) atoms. The summed E-state index contributed by atoms with van der Waals surface area (Å²) in [4.78, 5) is 26.2. The number of nitrogens with zero attached hydrogens (tertiary/aromatic N) is 2. The van der Waals surface area contributed by atoms with Gasteiger partial charge in [-0.25, -0.2) is 4.79 Å². The largest absolute Gasteiger partial charge is 0.480 e. The third kappa shape index (κ3) is 4.09. The zero-order valence-electron chi connectivity index (χ0n) is 11.4. The summed E-state index contributed by atoms with van der Waals surface area (Å²) >= 11 is 5.90. The van der Waals surface area contributed by atoms with Crippen molar-refractivity contribution in [1.29, 1.82) is 0 Å². The molecular formula is C14H17ClN2O4. The number of anilines is 1. The highest BCUT2D eigenvalue weighted by Gasteiger charge is 2.28. The number of hydrogen-bond acceptors (Lipinski definition) is 3. The lowest BCUT2D eigenvalue weighted by molar-refractivity contribution is -0.135. The summed E-state index contributed by atoms with van der Waals surface area (Å²) in [5.74, 6) is -1.11. The van der Waals surface area contributed by atoms with Crippen LogP contribution in [-0.2, 0) is 4.79 Å². The number of carbonyl (C=O) groups excluding carboxylic acids is 1. The van der Waals surface area contributed by atoms with Crippen LogP contribution in [0.4, 0.5) is 10.5 Å². The zero-order valence-corrected chi connectivity index (χ0v) is 12.2. The first-order valence-electron chi connectivity index (χ1n) is 6.69. The molecule has 2 N–H and O–H groups in total. The number of rotatable bonds is 3. The van der Waals surface area contributed by atoms with Gasteiger partial charge in [-0.05, 0) is 31.0 Å². The van der Waals surface area contributed by atoms with E-state index in [0.29, 0.717) is 30.1 Å². The number of aliphatic carboxylic acids is 1. The second kappa shape index (κ2) is 6.78. The summed E-state index contributed by atoms with van der Waals surface area (Å²) in [5, 5.41) is 19.1. The number of carbonyl (C=O) groups is 2. The fourth-order valence-electron chi connectivity index (χ4n) is 2.35. The van der Waals surface area contributed by atoms with Crippen molar-refractivity contribution in [2.75, 3.05) is 24.5 Å². The standard InChI is InChI=1S/C14H17ClN2O4/c15-10-3-1-4-11(7-10)17(9-13(19)20)14(21)16-6-2-5-12(18)8-16/h1,3-4,7,12,18H,2,5-6,8-9H2,(H,19,20). The molecule has 1 aliphatic heterocycles. The lowest BCUT2D eigenvalue weighted by Crippen LogP contribution is -2.50. The zero-order chi connectivity index (χ0) is 15.4. The molecule has 114 valence electrons. The summed E-state index contributed by atoms with van der Waals surface area (Å²) in [6.07, 6.45) is 0.789. The van der Waals surface area contributed by atoms with Gasteiger partial charge in [0.15, 0.2) is 0 Å². The number of aliphatic hydroxyl groups is 1. The summed E-state index contributed by atoms with van der Waals surface area (Å²) in [6, 6.07) is 6.05. The monoisotopic (exact) mass is 312 g/mol. The van der Waals surface area contributed by atoms with Crippen LogP contribution < -0.4 is 4.90 Å². The van der Waals surface area contributed by atoms with Gasteiger partial charge < -0.3 is 15.1 Å². The molecule has 2 amide bonds. The van der Waals surface area contributed by atoms with Gasteiger partial charge in [0, 0.05) is 23.8 Å². The van der Waals surface area contributed by atoms with Crippen LogP contribution in [0.25, 0.3) is 0 Å². The van der Waals surface area contributed by atoms with E-state index in [-0.39, 0.29) is 6.54 Å². The number of carboxylic acid groups (broad SMARTS) is 1. The lowest BCUT2D eigenvalue weighted by Gasteiger charge is -2.34. The summed E-state index contributed by atoms with van der Waals surface area (Å²) in [5.41, 5.74) is 0.426. The van der Waals surface area contributed by atoms with Gasteiger partial charge in [0.05, 0.1) is 6.10 Å². The van der Waals surface area contributed by atoms with Crippen molar-refractivity contribution in [2.45, 2.75) is 18.9 Å². The van der Waals surface area contributed by atoms with E-state index >= 15 is 0 Å². The van der Waals surface area contributed by atoms with Crippen LogP contribution in [0.1, 0.15) is 12.8 Å². The Hall–Kier alpha value is -1.79. The molecule has 1 heterocycles. The highest BCUT2D eigenvalue weighted by atomic mass is 35.5. The second-order valence-electron chi connectivity index (χ2n) is 4.98. The van der Waals surface area contributed by atoms with Gasteiger partial charge in [-0.15, -0.1) is 0 Å². The first kappa shape index (κ1) is 15.6. The highest BCUT2D eigenvalue weighted by Crippen LogP contribution is 2.22. The minimum atomic E-state index is -1.11. The van der Waals surface area contributed by atoms with E-state index in [2.05, 4.69) is 0 Å². The molecule has 1 fully saturated rings. The predicted octanol–water partition coefficient (Wildman–Crippen LogP) is 1.81. The van der Waals surface area contributed by atoms with Gasteiger partial charge in [0.2, 0.25) is 0 Å². The summed E-state index contributed by atoms with van der Waals surface area (Å²) in [6.45, 7) is 0.272. The first-order valence-corrected chi connectivity index (χ1v) is 7.07. The summed E-state index contributed by atoms with van der Waals surface area (Å²) < 4.78 is 0. The Morgan fingerprint density at radius 3 is 2.81 bits per heavy atom. The number of carboxylic acids is 1. The van der Waals surface area contributed by atoms with Gasteiger partial charge in [-0.3, -0.25) is 9.69 Å². The molecule has 2 rings (SSSR count). The minimum Gasteiger partial charge on any atom is -0.480 e. The van der Waals surface area contributed by atoms with E-state index < -0.39 is 24.6 Å². The molecule has 0 radical (unpaired) electrons. The Bertz CT molecular complexity index is 537. The summed E-state index contributed by atoms with van der Waals surface area (Å²) in [7, 11) is 0. The Morgan fingerprint density at radius 2 is 2.19 bits per heavy atom. The number of β-amino-alcohol motifs (C(OH)–C–C–N with tert-alkyl or cyclic N) is 1. The smallest absolute Gasteiger partial charge is 0.325 e. The SMILES string of the molecule is O=C(O)CN(C(=O)N1CCCC(O)C1)c1cccc(Cl)c1. The number of amides is 2. The first-order chi connectivity index (χ1) is 9.97. The van der Waals surface area contributed by atoms with Crippen molar-refractivity contribution >= 4 is 29.3 Å². The maximum atomic E-state index is 12.5. The van der Waals surface area contributed by atoms with Crippen LogP contribution in [-0.4, -0.2) is 52.9 Å². The van der Waals surface area contributed by atoms with Crippen molar-refractivity contribution in [1.82, 2.24) is 4.90 Å². The third-order valence-electron chi connectivity index (χ3n) is 3.31. The molecule has 7 heteroatoms. The van der Waals surface area contributed by atoms with Crippen LogP contribution in [0.5, 0.6) is 0 Å². The van der Waals surface area contributed by atoms with Crippen LogP contribution in [0.2, 0.25) is 5.02 Å². The molecule has 1 atom stereocenters. The maximum Gasteiger partial charge on any atom is 0.325 e. The molecule has 1 unspecified atom stereocenters. The van der Waals surface area contributed by atoms with Gasteiger partial charge in [-0.2, -0.15) is 0 Å². The van der Waals surface area contributed by atoms with Crippen LogP contribution in [0.3, 0.4) is 0 Å². The number of benzene rings is 1. The van der Waals surface area contributed by atoms with E-state index in [1.807, 2.05) is 0 Å². The number of piperidine rings is 1. The van der Waals surface area contributed by atoms with Crippen LogP contribution in [0, 0.1) is 0 Å². The topological polar surface area (TPSA) is 81.1 Å². The highest BCUT2D eigenvalue weighted by molar-refractivity contribution is 6.30. The fraction of sp³-hybridized carbons (Fsp3) is 0.429. The molecule has 0 aromatic heterocycles. The average Bonchev–Trinajstić information content (AvgIpc) is 2.44. The molecule has 0 aliphatic carbocycles. The molecule has 1 aromatic carbocycles. The Balaban J connectivity index is 2.22. The quantitative estimate of drug-likeness (QED) is 0.892. The molecule has 1 saturated heterocycles. The van der Waals surface area contributed by atoms with Crippen LogP contribution in [0.15, 0.2) is 24.3 Å². The predicted molar refractivity (Wildman–Crippen MR) is 78.6 cm³/mol. The Kier molecular flexibility index (Phi) is 5.03. The number of hydrogen-bond donors (Lipinski definition) is 2. The van der Waals surface area contributed by atoms with Gasteiger partial charge >= 0.3 is 12.0 Å². The van der Waals surface area contributed by atoms with Gasteiger partial charge in [0.25, 0.3) is 0 Å². The fourth-order valence-corrected chi connectivity index (χ4v) is 2.53. The third-order valence-corrected chi connectivity index (χ3v) is 3.55. The van der Waals surface area contributed by atoms with E-state index in [0.717, 1.165) is 4.90 Å². The van der Waals surface area contributed by atoms with E-state index in [9.17, 15) is 14.7 Å². The van der Waals surface area contributed by atoms with E-state index in [4.69, 9.17) is 16.7 Å². The minimum absolute atomic E-state index is 0.218. The van der Waals surface area contributed by atoms with Crippen LogP contribution >= 0.6 is 11.6 Å². The molecule has 6 nitrogen and oxygen atoms in total. The number of likely N-dealkylation sites (tertiary alicyclic amines) is 1. The lowest BCUT2D eigenvalue weighted by atomic mass is 10.1. The maximum absolute atomic E-state index is 12.5. The molecule has 0 spiro atoms. The van der Waals surface area contributed by atoms with Gasteiger partial charge in [0.1, 0.15) is 6.54 Å². The molecular weight excluding hydrogens is 296 g/mol. The van der Waals surface area contributed by atoms with Crippen molar-refractivity contribution in [2.24, 2.45) is 0 Å². The van der Waals surface area contributed by atoms with E-state index in [1.165, 1.54) is 4.90 Å². The molecule has 1 aromatic rings. The number of halogens is 1. The number of aliphatic hydroxyl groups excluding tert-OH is 1. The van der Waals surface area contributed by atoms with Crippen molar-refractivity contribution in [3.8, 4) is 0 Å². The number of urea groups is 1. The van der Waals surface area contributed by atoms with E-state index in [1.54, 1.807) is 24.3 Å². The van der Waals surface area contributed by atoms with Crippen molar-refractivity contribution in [3.63, 3.8) is 0 Å². The average molecular weight is 313 g/mol. The second-order valence-corrected chi connectivity index (χ2v) is 5.42. The normalized spacial score (nSPS) is 18.4. The Labute approximate surface area is 127 Å². The van der Waals surface area contributed by atoms with Gasteiger partial charge in [-0.1, -0.05) is 17.7 Å². The molecule has 1 aliphatic rings. The van der Waals surface area contributed by atoms with Crippen molar-refractivity contribution in [3.05, 3.63) is 29.3 Å².